The van der Waals surface area contributed by atoms with Crippen LogP contribution >= 0.6 is 0 Å². The number of carbonyl (C=O) groups is 1. The Balaban J connectivity index is 1.79. The Hall–Kier alpha value is -1.26. The average molecular weight is 292 g/mol. The molecule has 0 amide bonds. The van der Waals surface area contributed by atoms with Gasteiger partial charge >= 0.3 is 0 Å². The van der Waals surface area contributed by atoms with Crippen molar-refractivity contribution in [3.05, 3.63) is 35.1 Å². The van der Waals surface area contributed by atoms with Gasteiger partial charge in [0.1, 0.15) is 5.82 Å². The number of ether oxygens (including phenoxy) is 2. The Labute approximate surface area is 124 Å². The maximum Gasteiger partial charge on any atom is 0.169 e. The third-order valence-electron chi connectivity index (χ3n) is 4.73. The second-order valence-corrected chi connectivity index (χ2v) is 6.13. The molecule has 21 heavy (non-hydrogen) atoms. The predicted molar refractivity (Wildman–Crippen MR) is 76.9 cm³/mol. The molecule has 3 rings (SSSR count). The van der Waals surface area contributed by atoms with Crippen LogP contribution in [0.5, 0.6) is 0 Å². The zero-order valence-electron chi connectivity index (χ0n) is 12.4. The van der Waals surface area contributed by atoms with E-state index in [-0.39, 0.29) is 28.7 Å². The Morgan fingerprint density at radius 2 is 2.05 bits per heavy atom. The third-order valence-corrected chi connectivity index (χ3v) is 4.73. The van der Waals surface area contributed by atoms with Crippen molar-refractivity contribution in [2.45, 2.75) is 38.2 Å². The van der Waals surface area contributed by atoms with Gasteiger partial charge in [0.05, 0.1) is 11.2 Å². The van der Waals surface area contributed by atoms with Gasteiger partial charge in [-0.2, -0.15) is 0 Å². The number of Topliss-reactive ketones (excluding diaryl/α,β-unsaturated/α-hetero) is 1. The van der Waals surface area contributed by atoms with Gasteiger partial charge in [0, 0.05) is 25.7 Å². The minimum atomic E-state index is -0.380. The van der Waals surface area contributed by atoms with Crippen LogP contribution in [0, 0.1) is 18.7 Å². The first-order valence-electron chi connectivity index (χ1n) is 7.62. The highest BCUT2D eigenvalue weighted by atomic mass is 19.1. The Bertz CT molecular complexity index is 529. The molecule has 2 fully saturated rings. The maximum atomic E-state index is 14.2. The molecule has 1 aromatic carbocycles. The number of hydrogen-bond donors (Lipinski definition) is 0. The van der Waals surface area contributed by atoms with Crippen molar-refractivity contribution >= 4 is 5.78 Å². The summed E-state index contributed by atoms with van der Waals surface area (Å²) >= 11 is 0. The third kappa shape index (κ3) is 2.87. The van der Waals surface area contributed by atoms with E-state index in [2.05, 4.69) is 0 Å². The number of benzene rings is 1. The van der Waals surface area contributed by atoms with Gasteiger partial charge in [-0.15, -0.1) is 0 Å². The van der Waals surface area contributed by atoms with Crippen molar-refractivity contribution in [3.8, 4) is 0 Å². The van der Waals surface area contributed by atoms with Crippen LogP contribution in [-0.4, -0.2) is 31.2 Å². The van der Waals surface area contributed by atoms with E-state index in [1.54, 1.807) is 25.1 Å². The molecule has 4 heteroatoms. The fraction of sp³-hybridized carbons (Fsp3) is 0.588. The molecule has 2 heterocycles. The fourth-order valence-electron chi connectivity index (χ4n) is 3.40. The average Bonchev–Trinajstić information content (AvgIpc) is 2.50. The number of halogens is 1. The highest BCUT2D eigenvalue weighted by Gasteiger charge is 2.41. The van der Waals surface area contributed by atoms with Gasteiger partial charge in [-0.25, -0.2) is 4.39 Å². The molecule has 2 saturated heterocycles. The zero-order valence-corrected chi connectivity index (χ0v) is 12.4. The minimum absolute atomic E-state index is 0.0784. The number of hydrogen-bond acceptors (Lipinski definition) is 3. The van der Waals surface area contributed by atoms with Crippen LogP contribution in [0.3, 0.4) is 0 Å². The normalized spacial score (nSPS) is 25.0. The summed E-state index contributed by atoms with van der Waals surface area (Å²) in [6, 6.07) is 5.03. The summed E-state index contributed by atoms with van der Waals surface area (Å²) in [5.74, 6) is -0.603. The van der Waals surface area contributed by atoms with Gasteiger partial charge < -0.3 is 9.47 Å². The van der Waals surface area contributed by atoms with Crippen LogP contribution in [-0.2, 0) is 9.47 Å². The van der Waals surface area contributed by atoms with Gasteiger partial charge in [-0.3, -0.25) is 4.79 Å². The molecule has 2 aliphatic rings. The molecule has 114 valence electrons. The lowest BCUT2D eigenvalue weighted by Gasteiger charge is -2.42. The standard InChI is InChI=1S/C17H21FO3/c1-12-3-2-4-14(15(12)18)16(19)13-5-8-21-17(11-13)6-9-20-10-7-17/h2-4,13H,5-11H2,1H3. The molecule has 1 unspecified atom stereocenters. The molecule has 0 aromatic heterocycles. The summed E-state index contributed by atoms with van der Waals surface area (Å²) in [7, 11) is 0. The fourth-order valence-corrected chi connectivity index (χ4v) is 3.40. The maximum absolute atomic E-state index is 14.2. The molecule has 0 aliphatic carbocycles. The van der Waals surface area contributed by atoms with E-state index in [1.165, 1.54) is 0 Å². The summed E-state index contributed by atoms with van der Waals surface area (Å²) in [5, 5.41) is 0. The second kappa shape index (κ2) is 5.85. The monoisotopic (exact) mass is 292 g/mol. The molecule has 3 nitrogen and oxygen atoms in total. The highest BCUT2D eigenvalue weighted by Crippen LogP contribution is 2.38. The molecule has 0 radical (unpaired) electrons. The molecule has 0 saturated carbocycles. The highest BCUT2D eigenvalue weighted by molar-refractivity contribution is 5.98. The molecule has 1 spiro atoms. The first-order valence-corrected chi connectivity index (χ1v) is 7.62. The number of rotatable bonds is 2. The Kier molecular flexibility index (Phi) is 4.09. The molecule has 1 atom stereocenters. The van der Waals surface area contributed by atoms with E-state index < -0.39 is 0 Å². The van der Waals surface area contributed by atoms with Crippen LogP contribution in [0.4, 0.5) is 4.39 Å². The van der Waals surface area contributed by atoms with Gasteiger partial charge in [-0.05, 0) is 44.2 Å². The van der Waals surface area contributed by atoms with Crippen LogP contribution in [0.2, 0.25) is 0 Å². The van der Waals surface area contributed by atoms with E-state index in [0.29, 0.717) is 38.2 Å². The van der Waals surface area contributed by atoms with Gasteiger partial charge in [-0.1, -0.05) is 12.1 Å². The van der Waals surface area contributed by atoms with Crippen LogP contribution in [0.15, 0.2) is 18.2 Å². The number of aryl methyl sites for hydroxylation is 1. The Morgan fingerprint density at radius 1 is 1.29 bits per heavy atom. The topological polar surface area (TPSA) is 35.5 Å². The predicted octanol–water partition coefficient (Wildman–Crippen LogP) is 3.29. The molecular formula is C17H21FO3. The molecule has 1 aromatic rings. The summed E-state index contributed by atoms with van der Waals surface area (Å²) in [6.45, 7) is 3.62. The van der Waals surface area contributed by atoms with E-state index >= 15 is 0 Å². The number of carbonyl (C=O) groups excluding carboxylic acids is 1. The van der Waals surface area contributed by atoms with Crippen LogP contribution in [0.25, 0.3) is 0 Å². The quantitative estimate of drug-likeness (QED) is 0.785. The van der Waals surface area contributed by atoms with Crippen molar-refractivity contribution < 1.29 is 18.7 Å². The molecule has 0 bridgehead atoms. The minimum Gasteiger partial charge on any atom is -0.381 e. The van der Waals surface area contributed by atoms with Crippen molar-refractivity contribution in [1.82, 2.24) is 0 Å². The summed E-state index contributed by atoms with van der Waals surface area (Å²) in [5.41, 5.74) is 0.509. The summed E-state index contributed by atoms with van der Waals surface area (Å²) in [4.78, 5) is 12.7. The second-order valence-electron chi connectivity index (χ2n) is 6.13. The zero-order chi connectivity index (χ0) is 14.9. The molecule has 0 N–H and O–H groups in total. The van der Waals surface area contributed by atoms with Crippen LogP contribution < -0.4 is 0 Å². The first kappa shape index (κ1) is 14.7. The lowest BCUT2D eigenvalue weighted by molar-refractivity contribution is -0.142. The summed E-state index contributed by atoms with van der Waals surface area (Å²) < 4.78 is 25.5. The van der Waals surface area contributed by atoms with Crippen molar-refractivity contribution in [2.75, 3.05) is 19.8 Å². The first-order chi connectivity index (χ1) is 10.1. The van der Waals surface area contributed by atoms with E-state index in [0.717, 1.165) is 12.8 Å². The van der Waals surface area contributed by atoms with Gasteiger partial charge in [0.2, 0.25) is 0 Å². The Morgan fingerprint density at radius 3 is 2.81 bits per heavy atom. The lowest BCUT2D eigenvalue weighted by atomic mass is 9.78. The van der Waals surface area contributed by atoms with Crippen molar-refractivity contribution in [3.63, 3.8) is 0 Å². The van der Waals surface area contributed by atoms with Gasteiger partial charge in [0.25, 0.3) is 0 Å². The van der Waals surface area contributed by atoms with E-state index in [1.807, 2.05) is 0 Å². The summed E-state index contributed by atoms with van der Waals surface area (Å²) in [6.07, 6.45) is 3.01. The lowest BCUT2D eigenvalue weighted by Crippen LogP contribution is -2.46. The van der Waals surface area contributed by atoms with Crippen LogP contribution in [0.1, 0.15) is 41.6 Å². The van der Waals surface area contributed by atoms with E-state index in [4.69, 9.17) is 9.47 Å². The largest absolute Gasteiger partial charge is 0.381 e. The van der Waals surface area contributed by atoms with Gasteiger partial charge in [0.15, 0.2) is 5.78 Å². The van der Waals surface area contributed by atoms with Crippen molar-refractivity contribution in [1.29, 1.82) is 0 Å². The smallest absolute Gasteiger partial charge is 0.169 e. The van der Waals surface area contributed by atoms with E-state index in [9.17, 15) is 9.18 Å². The SMILES string of the molecule is Cc1cccc(C(=O)C2CCOC3(CCOCC3)C2)c1F. The molecular weight excluding hydrogens is 271 g/mol. The number of ketones is 1. The molecule has 2 aliphatic heterocycles. The van der Waals surface area contributed by atoms with Crippen molar-refractivity contribution in [2.24, 2.45) is 5.92 Å².